The van der Waals surface area contributed by atoms with Gasteiger partial charge in [0.05, 0.1) is 35.5 Å². The van der Waals surface area contributed by atoms with E-state index in [1.807, 2.05) is 29.2 Å². The van der Waals surface area contributed by atoms with E-state index in [4.69, 9.17) is 4.74 Å². The topological polar surface area (TPSA) is 63.1 Å². The molecule has 6 nitrogen and oxygen atoms in total. The van der Waals surface area contributed by atoms with Gasteiger partial charge >= 0.3 is 0 Å². The van der Waals surface area contributed by atoms with Crippen LogP contribution in [0.3, 0.4) is 0 Å². The van der Waals surface area contributed by atoms with Crippen molar-refractivity contribution >= 4 is 27.6 Å². The van der Waals surface area contributed by atoms with Gasteiger partial charge in [-0.2, -0.15) is 0 Å². The molecule has 0 spiro atoms. The van der Waals surface area contributed by atoms with Gasteiger partial charge in [0.15, 0.2) is 0 Å². The molecule has 0 bridgehead atoms. The third-order valence-electron chi connectivity index (χ3n) is 4.90. The summed E-state index contributed by atoms with van der Waals surface area (Å²) in [7, 11) is 0. The number of pyridine rings is 1. The Morgan fingerprint density at radius 2 is 1.89 bits per heavy atom. The zero-order chi connectivity index (χ0) is 18.4. The highest BCUT2D eigenvalue weighted by molar-refractivity contribution is 5.85. The van der Waals surface area contributed by atoms with Crippen molar-refractivity contribution in [3.63, 3.8) is 0 Å². The van der Waals surface area contributed by atoms with E-state index < -0.39 is 0 Å². The minimum Gasteiger partial charge on any atom is -0.378 e. The van der Waals surface area contributed by atoms with Gasteiger partial charge in [0, 0.05) is 24.5 Å². The molecule has 27 heavy (non-hydrogen) atoms. The van der Waals surface area contributed by atoms with E-state index in [9.17, 15) is 9.18 Å². The van der Waals surface area contributed by atoms with E-state index >= 15 is 0 Å². The van der Waals surface area contributed by atoms with E-state index in [0.29, 0.717) is 48.8 Å². The number of morpholine rings is 1. The number of benzene rings is 2. The number of rotatable bonds is 2. The van der Waals surface area contributed by atoms with Crippen LogP contribution in [0, 0.1) is 5.82 Å². The second-order valence-electron chi connectivity index (χ2n) is 6.55. The Bertz CT molecular complexity index is 1170. The number of ether oxygens (including phenoxy) is 1. The Labute approximate surface area is 153 Å². The number of fused-ring (bicyclic) bond motifs is 2. The van der Waals surface area contributed by atoms with Gasteiger partial charge in [-0.25, -0.2) is 13.9 Å². The molecule has 4 aromatic rings. The van der Waals surface area contributed by atoms with Gasteiger partial charge in [0.2, 0.25) is 5.95 Å². The number of hydrogen-bond acceptors (Lipinski definition) is 4. The van der Waals surface area contributed by atoms with E-state index in [-0.39, 0.29) is 11.4 Å². The highest BCUT2D eigenvalue weighted by atomic mass is 19.1. The zero-order valence-electron chi connectivity index (χ0n) is 14.5. The van der Waals surface area contributed by atoms with Gasteiger partial charge < -0.3 is 14.6 Å². The van der Waals surface area contributed by atoms with Gasteiger partial charge in [0.25, 0.3) is 5.56 Å². The first-order chi connectivity index (χ1) is 13.2. The van der Waals surface area contributed by atoms with Gasteiger partial charge in [-0.3, -0.25) is 4.79 Å². The van der Waals surface area contributed by atoms with Crippen LogP contribution < -0.4 is 10.5 Å². The van der Waals surface area contributed by atoms with Gasteiger partial charge in [-0.1, -0.05) is 12.1 Å². The molecule has 1 saturated heterocycles. The van der Waals surface area contributed by atoms with E-state index in [1.165, 1.54) is 16.7 Å². The summed E-state index contributed by atoms with van der Waals surface area (Å²) >= 11 is 0. The second-order valence-corrected chi connectivity index (χ2v) is 6.55. The van der Waals surface area contributed by atoms with Crippen molar-refractivity contribution in [3.8, 4) is 5.95 Å². The molecule has 1 aliphatic rings. The normalized spacial score (nSPS) is 14.9. The fourth-order valence-electron chi connectivity index (χ4n) is 3.56. The summed E-state index contributed by atoms with van der Waals surface area (Å²) in [5.74, 6) is 0.116. The maximum atomic E-state index is 14.7. The number of aromatic amines is 1. The summed E-state index contributed by atoms with van der Waals surface area (Å²) in [5.41, 5.74) is 2.48. The molecule has 136 valence electrons. The van der Waals surface area contributed by atoms with Crippen molar-refractivity contribution in [2.24, 2.45) is 0 Å². The lowest BCUT2D eigenvalue weighted by Crippen LogP contribution is -2.36. The molecular weight excluding hydrogens is 347 g/mol. The number of anilines is 1. The largest absolute Gasteiger partial charge is 0.378 e. The molecule has 3 heterocycles. The van der Waals surface area contributed by atoms with Gasteiger partial charge in [-0.05, 0) is 30.3 Å². The van der Waals surface area contributed by atoms with Crippen LogP contribution in [0.4, 0.5) is 10.1 Å². The minimum absolute atomic E-state index is 0.221. The minimum atomic E-state index is -0.306. The number of imidazole rings is 1. The molecule has 0 unspecified atom stereocenters. The molecule has 1 N–H and O–H groups in total. The third kappa shape index (κ3) is 2.67. The first-order valence-electron chi connectivity index (χ1n) is 8.84. The zero-order valence-corrected chi connectivity index (χ0v) is 14.5. The quantitative estimate of drug-likeness (QED) is 0.594. The molecule has 2 aromatic heterocycles. The average molecular weight is 364 g/mol. The lowest BCUT2D eigenvalue weighted by Gasteiger charge is -2.29. The SMILES string of the molecule is O=c1ccc2cc(F)c(N3CCOCC3)cc2n1-c1nc2ccccc2[nH]1. The molecule has 1 aliphatic heterocycles. The summed E-state index contributed by atoms with van der Waals surface area (Å²) in [6.45, 7) is 2.35. The van der Waals surface area contributed by atoms with Crippen molar-refractivity contribution in [2.45, 2.75) is 0 Å². The molecule has 1 fully saturated rings. The van der Waals surface area contributed by atoms with E-state index in [2.05, 4.69) is 9.97 Å². The predicted molar refractivity (Wildman–Crippen MR) is 102 cm³/mol. The monoisotopic (exact) mass is 364 g/mol. The molecule has 2 aromatic carbocycles. The summed E-state index contributed by atoms with van der Waals surface area (Å²) in [4.78, 5) is 22.3. The first-order valence-corrected chi connectivity index (χ1v) is 8.84. The van der Waals surface area contributed by atoms with Crippen LogP contribution in [0.15, 0.2) is 53.3 Å². The number of H-pyrrole nitrogens is 1. The summed E-state index contributed by atoms with van der Waals surface area (Å²) in [5, 5.41) is 0.643. The molecule has 0 amide bonds. The van der Waals surface area contributed by atoms with Gasteiger partial charge in [-0.15, -0.1) is 0 Å². The summed E-state index contributed by atoms with van der Waals surface area (Å²) in [6.07, 6.45) is 0. The van der Waals surface area contributed by atoms with Crippen molar-refractivity contribution in [2.75, 3.05) is 31.2 Å². The van der Waals surface area contributed by atoms with Crippen LogP contribution in [0.25, 0.3) is 27.9 Å². The number of halogens is 1. The molecule has 7 heteroatoms. The van der Waals surface area contributed by atoms with Crippen LogP contribution in [0.5, 0.6) is 0 Å². The van der Waals surface area contributed by atoms with Crippen molar-refractivity contribution in [3.05, 3.63) is 64.7 Å². The number of hydrogen-bond donors (Lipinski definition) is 1. The van der Waals surface area contributed by atoms with E-state index in [0.717, 1.165) is 11.0 Å². The molecule has 0 saturated carbocycles. The maximum absolute atomic E-state index is 14.7. The Morgan fingerprint density at radius 1 is 1.07 bits per heavy atom. The Hall–Kier alpha value is -3.19. The van der Waals surface area contributed by atoms with Crippen molar-refractivity contribution in [1.82, 2.24) is 14.5 Å². The van der Waals surface area contributed by atoms with Crippen LogP contribution in [-0.2, 0) is 4.74 Å². The molecule has 0 radical (unpaired) electrons. The number of nitrogens with one attached hydrogen (secondary N) is 1. The summed E-state index contributed by atoms with van der Waals surface area (Å²) in [6, 6.07) is 13.9. The standard InChI is InChI=1S/C20H17FN4O2/c21-14-11-13-5-6-19(26)25(20-22-15-3-1-2-4-16(15)23-20)17(13)12-18(14)24-7-9-27-10-8-24/h1-6,11-12H,7-10H2,(H,22,23). The Kier molecular flexibility index (Phi) is 3.68. The number of nitrogens with zero attached hydrogens (tertiary/aromatic N) is 3. The van der Waals surface area contributed by atoms with Crippen molar-refractivity contribution in [1.29, 1.82) is 0 Å². The lowest BCUT2D eigenvalue weighted by atomic mass is 10.1. The van der Waals surface area contributed by atoms with Crippen LogP contribution in [0.2, 0.25) is 0 Å². The summed E-state index contributed by atoms with van der Waals surface area (Å²) < 4.78 is 21.6. The fraction of sp³-hybridized carbons (Fsp3) is 0.200. The van der Waals surface area contributed by atoms with Gasteiger partial charge in [0.1, 0.15) is 5.82 Å². The number of para-hydroxylation sites is 2. The van der Waals surface area contributed by atoms with E-state index in [1.54, 1.807) is 12.1 Å². The highest BCUT2D eigenvalue weighted by Gasteiger charge is 2.18. The van der Waals surface area contributed by atoms with Crippen LogP contribution >= 0.6 is 0 Å². The highest BCUT2D eigenvalue weighted by Crippen LogP contribution is 2.27. The lowest BCUT2D eigenvalue weighted by molar-refractivity contribution is 0.122. The predicted octanol–water partition coefficient (Wildman–Crippen LogP) is 2.84. The Morgan fingerprint density at radius 3 is 2.70 bits per heavy atom. The molecular formula is C20H17FN4O2. The smallest absolute Gasteiger partial charge is 0.257 e. The average Bonchev–Trinajstić information content (AvgIpc) is 3.12. The fourth-order valence-corrected chi connectivity index (χ4v) is 3.56. The maximum Gasteiger partial charge on any atom is 0.257 e. The molecule has 0 atom stereocenters. The first kappa shape index (κ1) is 16.0. The third-order valence-corrected chi connectivity index (χ3v) is 4.90. The Balaban J connectivity index is 1.75. The second kappa shape index (κ2) is 6.21. The van der Waals surface area contributed by atoms with Crippen molar-refractivity contribution < 1.29 is 9.13 Å². The molecule has 5 rings (SSSR count). The molecule has 0 aliphatic carbocycles. The van der Waals surface area contributed by atoms with Crippen LogP contribution in [-0.4, -0.2) is 40.8 Å². The van der Waals surface area contributed by atoms with Crippen LogP contribution in [0.1, 0.15) is 0 Å². The number of aromatic nitrogens is 3.